The van der Waals surface area contributed by atoms with E-state index in [0.717, 1.165) is 4.90 Å². The van der Waals surface area contributed by atoms with Gasteiger partial charge in [-0.25, -0.2) is 22.8 Å². The molecule has 23 heavy (non-hydrogen) atoms. The fourth-order valence-corrected chi connectivity index (χ4v) is 2.99. The van der Waals surface area contributed by atoms with Crippen molar-refractivity contribution in [2.75, 3.05) is 33.9 Å². The molecule has 1 heterocycles. The summed E-state index contributed by atoms with van der Waals surface area (Å²) in [6.45, 7) is -0.553. The molecule has 0 saturated carbocycles. The Kier molecular flexibility index (Phi) is 5.06. The molecule has 0 atom stereocenters. The summed E-state index contributed by atoms with van der Waals surface area (Å²) in [5.74, 6) is 0.172. The first-order valence-electron chi connectivity index (χ1n) is 6.58. The average Bonchev–Trinajstić information content (AvgIpc) is 2.85. The van der Waals surface area contributed by atoms with Gasteiger partial charge in [-0.05, 0) is 12.1 Å². The van der Waals surface area contributed by atoms with Crippen LogP contribution in [0, 0.1) is 0 Å². The van der Waals surface area contributed by atoms with Crippen LogP contribution in [0.2, 0.25) is 0 Å². The Bertz CT molecular complexity index is 701. The molecule has 126 valence electrons. The zero-order valence-corrected chi connectivity index (χ0v) is 13.4. The van der Waals surface area contributed by atoms with Crippen LogP contribution in [0.1, 0.15) is 0 Å². The Balaban J connectivity index is 2.04. The van der Waals surface area contributed by atoms with Crippen LogP contribution < -0.4 is 14.2 Å². The Hall–Kier alpha value is -2.33. The number of hydrogen-bond acceptors (Lipinski definition) is 7. The SMILES string of the molecule is COc1ccc(S(=O)(=O)NCCN2C(=O)COC2=O)cc1OC. The van der Waals surface area contributed by atoms with Crippen molar-refractivity contribution in [1.82, 2.24) is 9.62 Å². The van der Waals surface area contributed by atoms with E-state index in [1.807, 2.05) is 0 Å². The molecule has 0 radical (unpaired) electrons. The van der Waals surface area contributed by atoms with Crippen LogP contribution in [0.25, 0.3) is 0 Å². The zero-order valence-electron chi connectivity index (χ0n) is 12.6. The van der Waals surface area contributed by atoms with E-state index >= 15 is 0 Å². The van der Waals surface area contributed by atoms with Gasteiger partial charge in [0, 0.05) is 19.2 Å². The summed E-state index contributed by atoms with van der Waals surface area (Å²) >= 11 is 0. The quantitative estimate of drug-likeness (QED) is 0.739. The summed E-state index contributed by atoms with van der Waals surface area (Å²) in [5.41, 5.74) is 0. The molecule has 1 aromatic rings. The molecule has 0 aromatic heterocycles. The molecule has 0 bridgehead atoms. The van der Waals surface area contributed by atoms with Crippen molar-refractivity contribution in [3.05, 3.63) is 18.2 Å². The molecular weight excluding hydrogens is 328 g/mol. The largest absolute Gasteiger partial charge is 0.493 e. The lowest BCUT2D eigenvalue weighted by Gasteiger charge is -2.13. The lowest BCUT2D eigenvalue weighted by Crippen LogP contribution is -2.37. The van der Waals surface area contributed by atoms with E-state index in [1.165, 1.54) is 32.4 Å². The number of cyclic esters (lactones) is 1. The van der Waals surface area contributed by atoms with Gasteiger partial charge in [0.2, 0.25) is 10.0 Å². The van der Waals surface area contributed by atoms with Crippen LogP contribution in [-0.4, -0.2) is 59.2 Å². The fraction of sp³-hybridized carbons (Fsp3) is 0.385. The number of benzene rings is 1. The number of methoxy groups -OCH3 is 2. The van der Waals surface area contributed by atoms with Crippen LogP contribution in [0.15, 0.2) is 23.1 Å². The summed E-state index contributed by atoms with van der Waals surface area (Å²) in [7, 11) is -0.984. The van der Waals surface area contributed by atoms with E-state index in [4.69, 9.17) is 9.47 Å². The van der Waals surface area contributed by atoms with E-state index in [9.17, 15) is 18.0 Å². The number of carbonyl (C=O) groups excluding carboxylic acids is 2. The molecule has 1 N–H and O–H groups in total. The van der Waals surface area contributed by atoms with Crippen LogP contribution in [0.4, 0.5) is 4.79 Å². The first kappa shape index (κ1) is 17.0. The first-order valence-corrected chi connectivity index (χ1v) is 8.06. The molecule has 1 fully saturated rings. The van der Waals surface area contributed by atoms with Crippen molar-refractivity contribution in [2.24, 2.45) is 0 Å². The summed E-state index contributed by atoms with van der Waals surface area (Å²) in [5, 5.41) is 0. The minimum atomic E-state index is -3.82. The third kappa shape index (κ3) is 3.71. The number of sulfonamides is 1. The van der Waals surface area contributed by atoms with Gasteiger partial charge in [-0.2, -0.15) is 0 Å². The van der Waals surface area contributed by atoms with Gasteiger partial charge in [-0.15, -0.1) is 0 Å². The maximum Gasteiger partial charge on any atom is 0.417 e. The number of rotatable bonds is 7. The number of ether oxygens (including phenoxy) is 3. The summed E-state index contributed by atoms with van der Waals surface area (Å²) < 4.78 is 41.4. The molecule has 0 aliphatic carbocycles. The first-order chi connectivity index (χ1) is 10.9. The standard InChI is InChI=1S/C13H16N2O7S/c1-20-10-4-3-9(7-11(10)21-2)23(18,19)14-5-6-15-12(16)8-22-13(15)17/h3-4,7,14H,5-6,8H2,1-2H3. The summed E-state index contributed by atoms with van der Waals surface area (Å²) in [6.07, 6.45) is -0.777. The van der Waals surface area contributed by atoms with Gasteiger partial charge in [0.05, 0.1) is 19.1 Å². The molecule has 0 unspecified atom stereocenters. The number of amides is 2. The number of nitrogens with one attached hydrogen (secondary N) is 1. The van der Waals surface area contributed by atoms with E-state index in [-0.39, 0.29) is 30.3 Å². The van der Waals surface area contributed by atoms with Crippen molar-refractivity contribution < 1.29 is 32.2 Å². The van der Waals surface area contributed by atoms with Gasteiger partial charge < -0.3 is 14.2 Å². The van der Waals surface area contributed by atoms with Crippen LogP contribution >= 0.6 is 0 Å². The number of nitrogens with zero attached hydrogens (tertiary/aromatic N) is 1. The number of hydrogen-bond donors (Lipinski definition) is 1. The monoisotopic (exact) mass is 344 g/mol. The van der Waals surface area contributed by atoms with Crippen LogP contribution in [0.3, 0.4) is 0 Å². The molecular formula is C13H16N2O7S. The van der Waals surface area contributed by atoms with Crippen molar-refractivity contribution in [2.45, 2.75) is 4.90 Å². The molecule has 2 rings (SSSR count). The normalized spacial score (nSPS) is 14.8. The van der Waals surface area contributed by atoms with E-state index in [0.29, 0.717) is 5.75 Å². The highest BCUT2D eigenvalue weighted by molar-refractivity contribution is 7.89. The zero-order chi connectivity index (χ0) is 17.0. The predicted molar refractivity (Wildman–Crippen MR) is 77.8 cm³/mol. The lowest BCUT2D eigenvalue weighted by atomic mass is 10.3. The van der Waals surface area contributed by atoms with Gasteiger partial charge in [0.15, 0.2) is 18.1 Å². The smallest absolute Gasteiger partial charge is 0.417 e. The molecule has 1 aliphatic rings. The van der Waals surface area contributed by atoms with Gasteiger partial charge in [0.25, 0.3) is 5.91 Å². The van der Waals surface area contributed by atoms with Gasteiger partial charge in [-0.3, -0.25) is 4.79 Å². The summed E-state index contributed by atoms with van der Waals surface area (Å²) in [4.78, 5) is 23.4. The predicted octanol–water partition coefficient (Wildman–Crippen LogP) is -0.0391. The lowest BCUT2D eigenvalue weighted by molar-refractivity contribution is -0.125. The number of imide groups is 1. The molecule has 1 saturated heterocycles. The Labute approximate surface area is 133 Å². The Morgan fingerprint density at radius 1 is 1.22 bits per heavy atom. The second-order valence-electron chi connectivity index (χ2n) is 4.51. The van der Waals surface area contributed by atoms with Crippen LogP contribution in [0.5, 0.6) is 11.5 Å². The molecule has 9 nitrogen and oxygen atoms in total. The number of carbonyl (C=O) groups is 2. The van der Waals surface area contributed by atoms with E-state index in [1.54, 1.807) is 0 Å². The minimum Gasteiger partial charge on any atom is -0.493 e. The average molecular weight is 344 g/mol. The third-order valence-corrected chi connectivity index (χ3v) is 4.59. The highest BCUT2D eigenvalue weighted by atomic mass is 32.2. The Morgan fingerprint density at radius 2 is 1.91 bits per heavy atom. The van der Waals surface area contributed by atoms with Gasteiger partial charge in [-0.1, -0.05) is 0 Å². The maximum atomic E-state index is 12.2. The summed E-state index contributed by atoms with van der Waals surface area (Å²) in [6, 6.07) is 4.14. The Morgan fingerprint density at radius 3 is 2.48 bits per heavy atom. The molecule has 0 spiro atoms. The van der Waals surface area contributed by atoms with Gasteiger partial charge in [0.1, 0.15) is 0 Å². The highest BCUT2D eigenvalue weighted by Gasteiger charge is 2.30. The molecule has 1 aliphatic heterocycles. The second kappa shape index (κ2) is 6.84. The third-order valence-electron chi connectivity index (χ3n) is 3.13. The second-order valence-corrected chi connectivity index (χ2v) is 6.28. The van der Waals surface area contributed by atoms with Crippen molar-refractivity contribution in [3.8, 4) is 11.5 Å². The van der Waals surface area contributed by atoms with Crippen LogP contribution in [-0.2, 0) is 19.6 Å². The minimum absolute atomic E-state index is 0.0227. The topological polar surface area (TPSA) is 111 Å². The maximum absolute atomic E-state index is 12.2. The van der Waals surface area contributed by atoms with E-state index < -0.39 is 22.0 Å². The van der Waals surface area contributed by atoms with Gasteiger partial charge >= 0.3 is 6.09 Å². The highest BCUT2D eigenvalue weighted by Crippen LogP contribution is 2.29. The molecule has 10 heteroatoms. The van der Waals surface area contributed by atoms with Crippen molar-refractivity contribution in [1.29, 1.82) is 0 Å². The molecule has 1 aromatic carbocycles. The van der Waals surface area contributed by atoms with E-state index in [2.05, 4.69) is 9.46 Å². The molecule has 2 amide bonds. The van der Waals surface area contributed by atoms with Crippen molar-refractivity contribution in [3.63, 3.8) is 0 Å². The van der Waals surface area contributed by atoms with Crippen molar-refractivity contribution >= 4 is 22.0 Å². The fourth-order valence-electron chi connectivity index (χ4n) is 1.96.